The predicted molar refractivity (Wildman–Crippen MR) is 76.3 cm³/mol. The summed E-state index contributed by atoms with van der Waals surface area (Å²) in [4.78, 5) is 30.0. The number of anilines is 1. The predicted octanol–water partition coefficient (Wildman–Crippen LogP) is -0.392. The van der Waals surface area contributed by atoms with Crippen molar-refractivity contribution in [2.75, 3.05) is 19.0 Å². The number of amides is 1. The Morgan fingerprint density at radius 1 is 1.43 bits per heavy atom. The fourth-order valence-electron chi connectivity index (χ4n) is 1.67. The highest BCUT2D eigenvalue weighted by atomic mass is 16.5. The highest BCUT2D eigenvalue weighted by Crippen LogP contribution is 2.08. The van der Waals surface area contributed by atoms with Crippen LogP contribution in [-0.2, 0) is 11.3 Å². The van der Waals surface area contributed by atoms with Crippen LogP contribution in [0.25, 0.3) is 0 Å². The normalized spacial score (nSPS) is 9.87. The van der Waals surface area contributed by atoms with Gasteiger partial charge in [-0.05, 0) is 6.07 Å². The molecule has 0 bridgehead atoms. The number of nitrogens with one attached hydrogen (secondary N) is 2. The maximum atomic E-state index is 12.1. The number of H-pyrrole nitrogens is 1. The van der Waals surface area contributed by atoms with Crippen LogP contribution in [0.15, 0.2) is 16.9 Å². The van der Waals surface area contributed by atoms with E-state index in [1.54, 1.807) is 12.1 Å². The van der Waals surface area contributed by atoms with Gasteiger partial charge in [0.1, 0.15) is 17.8 Å². The molecule has 0 fully saturated rings. The average molecular weight is 313 g/mol. The molecular weight excluding hydrogens is 302 g/mol. The molecule has 23 heavy (non-hydrogen) atoms. The second-order valence-electron chi connectivity index (χ2n) is 4.26. The van der Waals surface area contributed by atoms with E-state index >= 15 is 0 Å². The Morgan fingerprint density at radius 3 is 2.83 bits per heavy atom. The van der Waals surface area contributed by atoms with Gasteiger partial charge in [0, 0.05) is 13.2 Å². The number of methoxy groups -OCH3 is 1. The molecular formula is C13H11N7O3. The van der Waals surface area contributed by atoms with Crippen molar-refractivity contribution in [1.82, 2.24) is 19.7 Å². The smallest absolute Gasteiger partial charge is 0.278 e. The van der Waals surface area contributed by atoms with Crippen molar-refractivity contribution in [2.45, 2.75) is 6.54 Å². The SMILES string of the molecule is COCCn1nc(C(=O)Nc2nc(C#N)c(C#N)[nH]2)ccc1=O. The van der Waals surface area contributed by atoms with Crippen molar-refractivity contribution in [3.63, 3.8) is 0 Å². The van der Waals surface area contributed by atoms with Gasteiger partial charge in [-0.15, -0.1) is 0 Å². The van der Waals surface area contributed by atoms with Crippen molar-refractivity contribution >= 4 is 11.9 Å². The van der Waals surface area contributed by atoms with Crippen molar-refractivity contribution in [3.8, 4) is 12.1 Å². The van der Waals surface area contributed by atoms with Crippen LogP contribution in [0.2, 0.25) is 0 Å². The first-order valence-corrected chi connectivity index (χ1v) is 6.37. The summed E-state index contributed by atoms with van der Waals surface area (Å²) in [6.45, 7) is 0.474. The highest BCUT2D eigenvalue weighted by molar-refractivity contribution is 6.01. The Hall–Kier alpha value is -3.50. The molecule has 116 valence electrons. The molecule has 0 spiro atoms. The molecule has 2 heterocycles. The number of imidazole rings is 1. The van der Waals surface area contributed by atoms with E-state index < -0.39 is 5.91 Å². The topological polar surface area (TPSA) is 149 Å². The Morgan fingerprint density at radius 2 is 2.22 bits per heavy atom. The number of carbonyl (C=O) groups excluding carboxylic acids is 1. The molecule has 0 atom stereocenters. The van der Waals surface area contributed by atoms with Crippen LogP contribution in [0.1, 0.15) is 21.9 Å². The first kappa shape index (κ1) is 15.9. The molecule has 10 heteroatoms. The summed E-state index contributed by atoms with van der Waals surface area (Å²) in [7, 11) is 1.48. The minimum Gasteiger partial charge on any atom is -0.383 e. The molecule has 1 amide bonds. The average Bonchev–Trinajstić information content (AvgIpc) is 2.95. The number of nitriles is 2. The van der Waals surface area contributed by atoms with Gasteiger partial charge in [0.15, 0.2) is 11.4 Å². The third-order valence-corrected chi connectivity index (χ3v) is 2.76. The number of aromatic amines is 1. The molecule has 2 aromatic heterocycles. The summed E-state index contributed by atoms with van der Waals surface area (Å²) in [6.07, 6.45) is 0. The maximum Gasteiger partial charge on any atom is 0.278 e. The number of rotatable bonds is 5. The quantitative estimate of drug-likeness (QED) is 0.763. The minimum absolute atomic E-state index is 0.0193. The van der Waals surface area contributed by atoms with Crippen LogP contribution in [0.3, 0.4) is 0 Å². The largest absolute Gasteiger partial charge is 0.383 e. The molecule has 0 aromatic carbocycles. The van der Waals surface area contributed by atoms with Crippen LogP contribution in [0.4, 0.5) is 5.95 Å². The van der Waals surface area contributed by atoms with E-state index in [-0.39, 0.29) is 41.7 Å². The fourth-order valence-corrected chi connectivity index (χ4v) is 1.67. The van der Waals surface area contributed by atoms with Crippen LogP contribution in [-0.4, -0.2) is 39.4 Å². The summed E-state index contributed by atoms with van der Waals surface area (Å²) in [6, 6.07) is 5.96. The Balaban J connectivity index is 2.21. The van der Waals surface area contributed by atoms with Gasteiger partial charge in [0.05, 0.1) is 13.2 Å². The molecule has 0 aliphatic carbocycles. The van der Waals surface area contributed by atoms with E-state index in [9.17, 15) is 9.59 Å². The van der Waals surface area contributed by atoms with Crippen LogP contribution >= 0.6 is 0 Å². The van der Waals surface area contributed by atoms with Gasteiger partial charge in [-0.2, -0.15) is 15.6 Å². The van der Waals surface area contributed by atoms with Gasteiger partial charge >= 0.3 is 0 Å². The van der Waals surface area contributed by atoms with Crippen LogP contribution < -0.4 is 10.9 Å². The third kappa shape index (κ3) is 3.58. The standard InChI is InChI=1S/C13H11N7O3/c1-23-5-4-20-11(21)3-2-8(19-20)12(22)18-13-16-9(6-14)10(7-15)17-13/h2-3H,4-5H2,1H3,(H2,16,17,18,22). The summed E-state index contributed by atoms with van der Waals surface area (Å²) in [5, 5.41) is 23.9. The molecule has 0 aliphatic rings. The lowest BCUT2D eigenvalue weighted by Crippen LogP contribution is -2.27. The van der Waals surface area contributed by atoms with E-state index in [0.29, 0.717) is 0 Å². The number of hydrogen-bond donors (Lipinski definition) is 2. The van der Waals surface area contributed by atoms with Crippen LogP contribution in [0.5, 0.6) is 0 Å². The third-order valence-electron chi connectivity index (χ3n) is 2.76. The lowest BCUT2D eigenvalue weighted by molar-refractivity contribution is 0.101. The van der Waals surface area contributed by atoms with Gasteiger partial charge in [-0.3, -0.25) is 14.9 Å². The van der Waals surface area contributed by atoms with Gasteiger partial charge in [-0.25, -0.2) is 9.67 Å². The van der Waals surface area contributed by atoms with Crippen molar-refractivity contribution in [3.05, 3.63) is 39.6 Å². The zero-order valence-electron chi connectivity index (χ0n) is 12.0. The molecule has 0 radical (unpaired) electrons. The zero-order chi connectivity index (χ0) is 16.8. The fraction of sp³-hybridized carbons (Fsp3) is 0.231. The second kappa shape index (κ2) is 6.98. The Labute approximate surface area is 129 Å². The summed E-state index contributed by atoms with van der Waals surface area (Å²) < 4.78 is 5.96. The summed E-state index contributed by atoms with van der Waals surface area (Å²) in [5.74, 6) is -0.696. The number of aromatic nitrogens is 4. The molecule has 2 N–H and O–H groups in total. The number of carbonyl (C=O) groups is 1. The molecule has 10 nitrogen and oxygen atoms in total. The molecule has 2 rings (SSSR count). The number of nitrogens with zero attached hydrogens (tertiary/aromatic N) is 5. The van der Waals surface area contributed by atoms with Gasteiger partial charge < -0.3 is 9.72 Å². The summed E-state index contributed by atoms with van der Waals surface area (Å²) in [5.41, 5.74) is -0.564. The van der Waals surface area contributed by atoms with E-state index in [2.05, 4.69) is 20.4 Å². The minimum atomic E-state index is -0.640. The van der Waals surface area contributed by atoms with Gasteiger partial charge in [0.25, 0.3) is 11.5 Å². The van der Waals surface area contributed by atoms with Crippen LogP contribution in [0, 0.1) is 22.7 Å². The molecule has 0 saturated carbocycles. The Kier molecular flexibility index (Phi) is 4.82. The van der Waals surface area contributed by atoms with Crippen molar-refractivity contribution in [1.29, 1.82) is 10.5 Å². The van der Waals surface area contributed by atoms with Crippen molar-refractivity contribution < 1.29 is 9.53 Å². The number of hydrogen-bond acceptors (Lipinski definition) is 7. The van der Waals surface area contributed by atoms with E-state index in [4.69, 9.17) is 15.3 Å². The second-order valence-corrected chi connectivity index (χ2v) is 4.26. The van der Waals surface area contributed by atoms with E-state index in [0.717, 1.165) is 4.68 Å². The van der Waals surface area contributed by atoms with E-state index in [1.165, 1.54) is 19.2 Å². The number of ether oxygens (including phenoxy) is 1. The lowest BCUT2D eigenvalue weighted by Gasteiger charge is -2.06. The summed E-state index contributed by atoms with van der Waals surface area (Å²) >= 11 is 0. The monoisotopic (exact) mass is 313 g/mol. The first-order chi connectivity index (χ1) is 11.1. The Bertz CT molecular complexity index is 837. The zero-order valence-corrected chi connectivity index (χ0v) is 12.0. The lowest BCUT2D eigenvalue weighted by atomic mass is 10.3. The molecule has 2 aromatic rings. The van der Waals surface area contributed by atoms with E-state index in [1.807, 2.05) is 0 Å². The maximum absolute atomic E-state index is 12.1. The highest BCUT2D eigenvalue weighted by Gasteiger charge is 2.14. The van der Waals surface area contributed by atoms with Gasteiger partial charge in [0.2, 0.25) is 5.95 Å². The van der Waals surface area contributed by atoms with Gasteiger partial charge in [-0.1, -0.05) is 0 Å². The molecule has 0 unspecified atom stereocenters. The van der Waals surface area contributed by atoms with Crippen molar-refractivity contribution in [2.24, 2.45) is 0 Å². The first-order valence-electron chi connectivity index (χ1n) is 6.37. The molecule has 0 saturated heterocycles. The molecule has 0 aliphatic heterocycles.